The van der Waals surface area contributed by atoms with Crippen LogP contribution in [0.25, 0.3) is 0 Å². The van der Waals surface area contributed by atoms with Crippen molar-refractivity contribution in [1.29, 1.82) is 0 Å². The lowest BCUT2D eigenvalue weighted by Crippen LogP contribution is -2.43. The molecule has 1 unspecified atom stereocenters. The molecular weight excluding hydrogens is 398 g/mol. The van der Waals surface area contributed by atoms with Gasteiger partial charge in [-0.05, 0) is 76.3 Å². The smallest absolute Gasteiger partial charge is 0.251 e. The molecule has 0 spiro atoms. The van der Waals surface area contributed by atoms with Crippen LogP contribution in [0.5, 0.6) is 0 Å². The molecule has 1 heterocycles. The third kappa shape index (κ3) is 5.62. The normalized spacial score (nSPS) is 21.8. The second-order valence-corrected chi connectivity index (χ2v) is 11.1. The SMILES string of the molecule is CC(C)N1CCCC(CNC(=O)c2ccc(S(=O)(=O)N(C)C3CCCCC3)cc2)C1. The monoisotopic (exact) mass is 435 g/mol. The average Bonchev–Trinajstić information content (AvgIpc) is 2.77. The fraction of sp³-hybridized carbons (Fsp3) is 0.696. The predicted molar refractivity (Wildman–Crippen MR) is 120 cm³/mol. The lowest BCUT2D eigenvalue weighted by Gasteiger charge is -2.35. The molecule has 1 N–H and O–H groups in total. The molecule has 2 aliphatic rings. The van der Waals surface area contributed by atoms with E-state index in [0.717, 1.165) is 45.2 Å². The Morgan fingerprint density at radius 3 is 2.40 bits per heavy atom. The maximum absolute atomic E-state index is 13.0. The Hall–Kier alpha value is -1.44. The number of amides is 1. The molecule has 1 saturated carbocycles. The van der Waals surface area contributed by atoms with E-state index in [2.05, 4.69) is 24.1 Å². The molecule has 0 aromatic heterocycles. The minimum Gasteiger partial charge on any atom is -0.352 e. The van der Waals surface area contributed by atoms with E-state index in [4.69, 9.17) is 0 Å². The molecule has 1 saturated heterocycles. The summed E-state index contributed by atoms with van der Waals surface area (Å²) in [5.41, 5.74) is 0.505. The van der Waals surface area contributed by atoms with E-state index in [1.54, 1.807) is 31.3 Å². The molecule has 1 aromatic carbocycles. The van der Waals surface area contributed by atoms with E-state index < -0.39 is 10.0 Å². The first-order valence-electron chi connectivity index (χ1n) is 11.4. The van der Waals surface area contributed by atoms with Crippen LogP contribution in [-0.2, 0) is 10.0 Å². The number of benzene rings is 1. The van der Waals surface area contributed by atoms with Crippen LogP contribution in [0.3, 0.4) is 0 Å². The number of hydrogen-bond acceptors (Lipinski definition) is 4. The molecule has 1 aliphatic carbocycles. The van der Waals surface area contributed by atoms with E-state index in [9.17, 15) is 13.2 Å². The van der Waals surface area contributed by atoms with E-state index in [1.165, 1.54) is 17.1 Å². The molecular formula is C23H37N3O3S. The maximum Gasteiger partial charge on any atom is 0.251 e. The number of hydrogen-bond donors (Lipinski definition) is 1. The van der Waals surface area contributed by atoms with Crippen molar-refractivity contribution in [3.63, 3.8) is 0 Å². The summed E-state index contributed by atoms with van der Waals surface area (Å²) in [5, 5.41) is 3.04. The highest BCUT2D eigenvalue weighted by Crippen LogP contribution is 2.26. The number of nitrogens with one attached hydrogen (secondary N) is 1. The van der Waals surface area contributed by atoms with Crippen molar-refractivity contribution >= 4 is 15.9 Å². The van der Waals surface area contributed by atoms with E-state index >= 15 is 0 Å². The molecule has 2 fully saturated rings. The van der Waals surface area contributed by atoms with E-state index in [-0.39, 0.29) is 16.8 Å². The highest BCUT2D eigenvalue weighted by atomic mass is 32.2. The molecule has 168 valence electrons. The molecule has 1 aromatic rings. The predicted octanol–water partition coefficient (Wildman–Crippen LogP) is 3.49. The van der Waals surface area contributed by atoms with Crippen molar-refractivity contribution in [1.82, 2.24) is 14.5 Å². The summed E-state index contributed by atoms with van der Waals surface area (Å²) in [6.45, 7) is 7.23. The van der Waals surface area contributed by atoms with Crippen LogP contribution >= 0.6 is 0 Å². The van der Waals surface area contributed by atoms with Gasteiger partial charge in [0, 0.05) is 37.8 Å². The maximum atomic E-state index is 13.0. The third-order valence-electron chi connectivity index (χ3n) is 6.71. The number of nitrogens with zero attached hydrogens (tertiary/aromatic N) is 2. The van der Waals surface area contributed by atoms with Crippen LogP contribution in [0.15, 0.2) is 29.2 Å². The molecule has 6 nitrogen and oxygen atoms in total. The third-order valence-corrected chi connectivity index (χ3v) is 8.64. The van der Waals surface area contributed by atoms with Gasteiger partial charge in [-0.15, -0.1) is 0 Å². The minimum atomic E-state index is -3.53. The summed E-state index contributed by atoms with van der Waals surface area (Å²) in [5.74, 6) is 0.329. The Morgan fingerprint density at radius 2 is 1.77 bits per heavy atom. The van der Waals surface area contributed by atoms with E-state index in [0.29, 0.717) is 24.1 Å². The molecule has 1 atom stereocenters. The van der Waals surface area contributed by atoms with Gasteiger partial charge in [-0.1, -0.05) is 19.3 Å². The zero-order valence-corrected chi connectivity index (χ0v) is 19.5. The lowest BCUT2D eigenvalue weighted by molar-refractivity contribution is 0.0922. The number of rotatable bonds is 7. The largest absolute Gasteiger partial charge is 0.352 e. The highest BCUT2D eigenvalue weighted by molar-refractivity contribution is 7.89. The molecule has 0 bridgehead atoms. The van der Waals surface area contributed by atoms with Gasteiger partial charge < -0.3 is 10.2 Å². The lowest BCUT2D eigenvalue weighted by atomic mass is 9.96. The van der Waals surface area contributed by atoms with Gasteiger partial charge in [0.2, 0.25) is 10.0 Å². The first-order chi connectivity index (χ1) is 14.3. The van der Waals surface area contributed by atoms with Crippen molar-refractivity contribution < 1.29 is 13.2 Å². The zero-order chi connectivity index (χ0) is 21.7. The van der Waals surface area contributed by atoms with Gasteiger partial charge in [0.05, 0.1) is 4.90 Å². The molecule has 30 heavy (non-hydrogen) atoms. The number of carbonyl (C=O) groups is 1. The highest BCUT2D eigenvalue weighted by Gasteiger charge is 2.29. The Morgan fingerprint density at radius 1 is 1.10 bits per heavy atom. The number of carbonyl (C=O) groups excluding carboxylic acids is 1. The van der Waals surface area contributed by atoms with Gasteiger partial charge in [0.15, 0.2) is 0 Å². The van der Waals surface area contributed by atoms with Crippen LogP contribution in [0.4, 0.5) is 0 Å². The van der Waals surface area contributed by atoms with Crippen molar-refractivity contribution in [2.24, 2.45) is 5.92 Å². The fourth-order valence-corrected chi connectivity index (χ4v) is 6.07. The number of sulfonamides is 1. The quantitative estimate of drug-likeness (QED) is 0.712. The van der Waals surface area contributed by atoms with Gasteiger partial charge in [0.1, 0.15) is 0 Å². The molecule has 1 aliphatic heterocycles. The van der Waals surface area contributed by atoms with Crippen LogP contribution in [0, 0.1) is 5.92 Å². The summed E-state index contributed by atoms with van der Waals surface area (Å²) >= 11 is 0. The Kier molecular flexibility index (Phi) is 7.93. The summed E-state index contributed by atoms with van der Waals surface area (Å²) in [4.78, 5) is 15.3. The average molecular weight is 436 g/mol. The topological polar surface area (TPSA) is 69.7 Å². The first kappa shape index (κ1) is 23.2. The first-order valence-corrected chi connectivity index (χ1v) is 12.8. The van der Waals surface area contributed by atoms with Crippen molar-refractivity contribution in [2.45, 2.75) is 75.8 Å². The van der Waals surface area contributed by atoms with E-state index in [1.807, 2.05) is 0 Å². The number of likely N-dealkylation sites (tertiary alicyclic amines) is 1. The summed E-state index contributed by atoms with van der Waals surface area (Å²) in [7, 11) is -1.85. The molecule has 1 amide bonds. The molecule has 7 heteroatoms. The van der Waals surface area contributed by atoms with Crippen molar-refractivity contribution in [3.8, 4) is 0 Å². The van der Waals surface area contributed by atoms with Gasteiger partial charge in [-0.25, -0.2) is 8.42 Å². The second-order valence-electron chi connectivity index (χ2n) is 9.14. The van der Waals surface area contributed by atoms with Crippen molar-refractivity contribution in [3.05, 3.63) is 29.8 Å². The van der Waals surface area contributed by atoms with Gasteiger partial charge in [-0.2, -0.15) is 4.31 Å². The Bertz CT molecular complexity index is 801. The zero-order valence-electron chi connectivity index (χ0n) is 18.6. The fourth-order valence-electron chi connectivity index (χ4n) is 4.66. The standard InChI is InChI=1S/C23H37N3O3S/c1-18(2)26-15-7-8-19(17-26)16-24-23(27)20-11-13-22(14-12-20)30(28,29)25(3)21-9-5-4-6-10-21/h11-14,18-19,21H,4-10,15-17H2,1-3H3,(H,24,27). The van der Waals surface area contributed by atoms with Gasteiger partial charge in [-0.3, -0.25) is 4.79 Å². The van der Waals surface area contributed by atoms with Gasteiger partial charge >= 0.3 is 0 Å². The van der Waals surface area contributed by atoms with Crippen LogP contribution < -0.4 is 5.32 Å². The Labute approximate surface area is 182 Å². The summed E-state index contributed by atoms with van der Waals surface area (Å²) in [6, 6.07) is 6.98. The van der Waals surface area contributed by atoms with Crippen molar-refractivity contribution in [2.75, 3.05) is 26.7 Å². The number of piperidine rings is 1. The van der Waals surface area contributed by atoms with Crippen LogP contribution in [-0.4, -0.2) is 62.3 Å². The summed E-state index contributed by atoms with van der Waals surface area (Å²) < 4.78 is 27.4. The molecule has 3 rings (SSSR count). The van der Waals surface area contributed by atoms with Crippen LogP contribution in [0.2, 0.25) is 0 Å². The van der Waals surface area contributed by atoms with Gasteiger partial charge in [0.25, 0.3) is 5.91 Å². The second kappa shape index (κ2) is 10.2. The molecule has 0 radical (unpaired) electrons. The summed E-state index contributed by atoms with van der Waals surface area (Å²) in [6.07, 6.45) is 7.49. The minimum absolute atomic E-state index is 0.0765. The Balaban J connectivity index is 1.57. The van der Waals surface area contributed by atoms with Crippen LogP contribution in [0.1, 0.15) is 69.2 Å².